The lowest BCUT2D eigenvalue weighted by atomic mass is 10.2. The number of carbonyl (C=O) groups is 1. The first-order valence-corrected chi connectivity index (χ1v) is 9.63. The number of amides is 1. The summed E-state index contributed by atoms with van der Waals surface area (Å²) in [6.45, 7) is -2.93. The number of anilines is 2. The molecule has 2 rings (SSSR count). The molecule has 0 fully saturated rings. The Morgan fingerprint density at radius 2 is 1.33 bits per heavy atom. The molecule has 0 saturated heterocycles. The zero-order chi connectivity index (χ0) is 22.6. The molecule has 0 radical (unpaired) electrons. The van der Waals surface area contributed by atoms with Crippen LogP contribution in [0, 0.1) is 0 Å². The summed E-state index contributed by atoms with van der Waals surface area (Å²) < 4.78 is 101. The van der Waals surface area contributed by atoms with E-state index in [1.165, 1.54) is 24.3 Å². The van der Waals surface area contributed by atoms with E-state index < -0.39 is 41.4 Å². The Bertz CT molecular complexity index is 989. The minimum atomic E-state index is -4.60. The number of alkyl halides is 6. The van der Waals surface area contributed by atoms with Gasteiger partial charge >= 0.3 is 12.4 Å². The van der Waals surface area contributed by atoms with Crippen LogP contribution in [0.25, 0.3) is 0 Å². The van der Waals surface area contributed by atoms with Gasteiger partial charge in [-0.15, -0.1) is 0 Å². The third-order valence-corrected chi connectivity index (χ3v) is 4.91. The van der Waals surface area contributed by atoms with Crippen molar-refractivity contribution in [3.8, 4) is 0 Å². The molecule has 0 aromatic heterocycles. The average molecular weight is 455 g/mol. The van der Waals surface area contributed by atoms with E-state index in [4.69, 9.17) is 0 Å². The highest BCUT2D eigenvalue weighted by Gasteiger charge is 2.28. The van der Waals surface area contributed by atoms with Crippen LogP contribution in [-0.2, 0) is 10.0 Å². The fourth-order valence-electron chi connectivity index (χ4n) is 2.19. The first-order chi connectivity index (χ1) is 13.8. The highest BCUT2D eigenvalue weighted by Crippen LogP contribution is 2.26. The summed E-state index contributed by atoms with van der Waals surface area (Å²) in [7, 11) is -4.25. The summed E-state index contributed by atoms with van der Waals surface area (Å²) in [6.07, 6.45) is -9.12. The highest BCUT2D eigenvalue weighted by molar-refractivity contribution is 7.92. The molecule has 2 aromatic rings. The second-order valence-electron chi connectivity index (χ2n) is 5.94. The third kappa shape index (κ3) is 7.13. The summed E-state index contributed by atoms with van der Waals surface area (Å²) in [6, 6.07) is 9.29. The number of para-hydroxylation sites is 2. The van der Waals surface area contributed by atoms with Gasteiger partial charge in [-0.1, -0.05) is 12.1 Å². The van der Waals surface area contributed by atoms with Crippen molar-refractivity contribution in [1.29, 1.82) is 0 Å². The SMILES string of the molecule is O=C(NCC(F)(F)F)c1ccc(S(=O)(=O)Nc2ccccc2NCC(F)(F)F)cc1. The van der Waals surface area contributed by atoms with Crippen molar-refractivity contribution in [2.24, 2.45) is 0 Å². The summed E-state index contributed by atoms with van der Waals surface area (Å²) in [5.41, 5.74) is -0.458. The molecule has 0 bridgehead atoms. The zero-order valence-corrected chi connectivity index (χ0v) is 15.8. The Morgan fingerprint density at radius 1 is 0.800 bits per heavy atom. The van der Waals surface area contributed by atoms with Gasteiger partial charge in [-0.2, -0.15) is 26.3 Å². The Hall–Kier alpha value is -2.96. The van der Waals surface area contributed by atoms with Crippen molar-refractivity contribution in [3.63, 3.8) is 0 Å². The standard InChI is InChI=1S/C17H15F6N3O3S/c18-16(19,20)9-24-13-3-1-2-4-14(13)26-30(28,29)12-7-5-11(6-8-12)15(27)25-10-17(21,22)23/h1-8,24,26H,9-10H2,(H,25,27). The monoisotopic (exact) mass is 455 g/mol. The van der Waals surface area contributed by atoms with Crippen molar-refractivity contribution >= 4 is 27.3 Å². The first kappa shape index (κ1) is 23.3. The molecule has 0 aliphatic heterocycles. The fourth-order valence-corrected chi connectivity index (χ4v) is 3.27. The van der Waals surface area contributed by atoms with Gasteiger partial charge in [0.25, 0.3) is 15.9 Å². The minimum absolute atomic E-state index is 0.110. The second-order valence-corrected chi connectivity index (χ2v) is 7.62. The maximum absolute atomic E-state index is 12.5. The van der Waals surface area contributed by atoms with Crippen molar-refractivity contribution in [1.82, 2.24) is 5.32 Å². The van der Waals surface area contributed by atoms with Crippen LogP contribution in [0.5, 0.6) is 0 Å². The highest BCUT2D eigenvalue weighted by atomic mass is 32.2. The van der Waals surface area contributed by atoms with E-state index >= 15 is 0 Å². The number of hydrogen-bond donors (Lipinski definition) is 3. The topological polar surface area (TPSA) is 87.3 Å². The van der Waals surface area contributed by atoms with Gasteiger partial charge in [0.05, 0.1) is 16.3 Å². The molecule has 0 heterocycles. The number of halogens is 6. The molecule has 0 atom stereocenters. The van der Waals surface area contributed by atoms with E-state index in [9.17, 15) is 39.6 Å². The maximum Gasteiger partial charge on any atom is 0.405 e. The maximum atomic E-state index is 12.5. The Kier molecular flexibility index (Phi) is 6.85. The Balaban J connectivity index is 2.14. The fraction of sp³-hybridized carbons (Fsp3) is 0.235. The molecule has 0 unspecified atom stereocenters. The van der Waals surface area contributed by atoms with E-state index in [0.717, 1.165) is 24.3 Å². The number of benzene rings is 2. The van der Waals surface area contributed by atoms with E-state index in [1.54, 1.807) is 5.32 Å². The van der Waals surface area contributed by atoms with Gasteiger partial charge in [-0.05, 0) is 36.4 Å². The van der Waals surface area contributed by atoms with Crippen molar-refractivity contribution in [2.45, 2.75) is 17.2 Å². The van der Waals surface area contributed by atoms with Crippen LogP contribution in [0.15, 0.2) is 53.4 Å². The van der Waals surface area contributed by atoms with Gasteiger partial charge < -0.3 is 10.6 Å². The molecule has 30 heavy (non-hydrogen) atoms. The van der Waals surface area contributed by atoms with Gasteiger partial charge in [0.15, 0.2) is 0 Å². The molecular formula is C17H15F6N3O3S. The second kappa shape index (κ2) is 8.81. The van der Waals surface area contributed by atoms with Crippen LogP contribution in [-0.4, -0.2) is 39.8 Å². The lowest BCUT2D eigenvalue weighted by Gasteiger charge is -2.15. The first-order valence-electron chi connectivity index (χ1n) is 8.14. The number of nitrogens with one attached hydrogen (secondary N) is 3. The number of hydrogen-bond acceptors (Lipinski definition) is 4. The van der Waals surface area contributed by atoms with Crippen LogP contribution in [0.3, 0.4) is 0 Å². The van der Waals surface area contributed by atoms with E-state index in [1.807, 2.05) is 0 Å². The van der Waals surface area contributed by atoms with E-state index in [2.05, 4.69) is 10.0 Å². The van der Waals surface area contributed by atoms with Crippen LogP contribution in [0.4, 0.5) is 37.7 Å². The molecule has 3 N–H and O–H groups in total. The summed E-state index contributed by atoms with van der Waals surface area (Å²) in [4.78, 5) is 11.3. The van der Waals surface area contributed by atoms with Gasteiger partial charge in [0, 0.05) is 5.56 Å². The number of sulfonamides is 1. The lowest BCUT2D eigenvalue weighted by molar-refractivity contribution is -0.123. The molecule has 0 aliphatic carbocycles. The minimum Gasteiger partial charge on any atom is -0.375 e. The molecule has 2 aromatic carbocycles. The molecule has 6 nitrogen and oxygen atoms in total. The average Bonchev–Trinajstić information content (AvgIpc) is 2.64. The third-order valence-electron chi connectivity index (χ3n) is 3.53. The van der Waals surface area contributed by atoms with Crippen molar-refractivity contribution in [2.75, 3.05) is 23.1 Å². The number of carbonyl (C=O) groups excluding carboxylic acids is 1. The van der Waals surface area contributed by atoms with E-state index in [0.29, 0.717) is 0 Å². The smallest absolute Gasteiger partial charge is 0.375 e. The molecule has 164 valence electrons. The van der Waals surface area contributed by atoms with Crippen LogP contribution in [0.1, 0.15) is 10.4 Å². The van der Waals surface area contributed by atoms with Gasteiger partial charge in [0.2, 0.25) is 0 Å². The number of rotatable bonds is 7. The molecule has 0 saturated carbocycles. The van der Waals surface area contributed by atoms with Crippen molar-refractivity contribution < 1.29 is 39.6 Å². The molecule has 13 heteroatoms. The zero-order valence-electron chi connectivity index (χ0n) is 14.9. The molecule has 0 spiro atoms. The van der Waals surface area contributed by atoms with Gasteiger partial charge in [-0.25, -0.2) is 8.42 Å². The van der Waals surface area contributed by atoms with Crippen LogP contribution < -0.4 is 15.4 Å². The predicted molar refractivity (Wildman–Crippen MR) is 96.6 cm³/mol. The largest absolute Gasteiger partial charge is 0.405 e. The summed E-state index contributed by atoms with van der Waals surface area (Å²) in [5, 5.41) is 3.72. The van der Waals surface area contributed by atoms with Gasteiger partial charge in [-0.3, -0.25) is 9.52 Å². The summed E-state index contributed by atoms with van der Waals surface area (Å²) >= 11 is 0. The van der Waals surface area contributed by atoms with Crippen LogP contribution in [0.2, 0.25) is 0 Å². The molecular weight excluding hydrogens is 440 g/mol. The quantitative estimate of drug-likeness (QED) is 0.555. The van der Waals surface area contributed by atoms with E-state index in [-0.39, 0.29) is 21.8 Å². The molecule has 0 aliphatic rings. The lowest BCUT2D eigenvalue weighted by Crippen LogP contribution is -2.33. The van der Waals surface area contributed by atoms with Crippen LogP contribution >= 0.6 is 0 Å². The van der Waals surface area contributed by atoms with Gasteiger partial charge in [0.1, 0.15) is 13.1 Å². The summed E-state index contributed by atoms with van der Waals surface area (Å²) in [5.74, 6) is -1.05. The predicted octanol–water partition coefficient (Wildman–Crippen LogP) is 3.75. The normalized spacial score (nSPS) is 12.3. The Labute approximate surface area is 167 Å². The molecule has 1 amide bonds. The van der Waals surface area contributed by atoms with Crippen molar-refractivity contribution in [3.05, 3.63) is 54.1 Å². The Morgan fingerprint density at radius 3 is 1.87 bits per heavy atom.